The van der Waals surface area contributed by atoms with E-state index in [9.17, 15) is 4.79 Å². The Balaban J connectivity index is 2.50. The van der Waals surface area contributed by atoms with E-state index in [1.54, 1.807) is 6.92 Å². The van der Waals surface area contributed by atoms with Gasteiger partial charge in [0.2, 0.25) is 0 Å². The summed E-state index contributed by atoms with van der Waals surface area (Å²) in [4.78, 5) is 10.6. The lowest BCUT2D eigenvalue weighted by Gasteiger charge is -2.12. The van der Waals surface area contributed by atoms with Crippen molar-refractivity contribution in [3.05, 3.63) is 0 Å². The maximum Gasteiger partial charge on any atom is 0.323 e. The molecule has 4 heteroatoms. The number of rotatable bonds is 3. The lowest BCUT2D eigenvalue weighted by Crippen LogP contribution is -2.43. The fourth-order valence-corrected chi connectivity index (χ4v) is 0.992. The van der Waals surface area contributed by atoms with E-state index in [-0.39, 0.29) is 6.04 Å². The fraction of sp³-hybridized carbons (Fsp3) is 0.714. The largest absolute Gasteiger partial charge is 0.480 e. The fourth-order valence-electron chi connectivity index (χ4n) is 0.992. The second-order valence-corrected chi connectivity index (χ2v) is 2.88. The second kappa shape index (κ2) is 2.51. The monoisotopic (exact) mass is 154 g/mol. The molecular formula is C7H10N2O2. The Kier molecular flexibility index (Phi) is 1.83. The normalized spacial score (nSPS) is 21.8. The summed E-state index contributed by atoms with van der Waals surface area (Å²) in [6.07, 6.45) is 1.27. The standard InChI is InChI=1S/C7H10N2O2/c1-5(4-8)9-7(2-3-7)6(10)11/h5,9H,2-3H2,1H3,(H,10,11). The SMILES string of the molecule is CC(C#N)NC1(C(=O)O)CC1. The van der Waals surface area contributed by atoms with Crippen molar-refractivity contribution in [2.45, 2.75) is 31.3 Å². The summed E-state index contributed by atoms with van der Waals surface area (Å²) >= 11 is 0. The average molecular weight is 154 g/mol. The van der Waals surface area contributed by atoms with Crippen molar-refractivity contribution in [1.29, 1.82) is 5.26 Å². The number of carboxylic acids is 1. The maximum atomic E-state index is 10.6. The van der Waals surface area contributed by atoms with Crippen LogP contribution >= 0.6 is 0 Å². The smallest absolute Gasteiger partial charge is 0.323 e. The van der Waals surface area contributed by atoms with Crippen LogP contribution in [0.3, 0.4) is 0 Å². The Hall–Kier alpha value is -1.08. The van der Waals surface area contributed by atoms with Crippen LogP contribution in [0.4, 0.5) is 0 Å². The van der Waals surface area contributed by atoms with Gasteiger partial charge in [0.1, 0.15) is 5.54 Å². The van der Waals surface area contributed by atoms with Crippen LogP contribution in [-0.2, 0) is 4.79 Å². The van der Waals surface area contributed by atoms with Gasteiger partial charge in [0.15, 0.2) is 0 Å². The minimum atomic E-state index is -0.848. The highest BCUT2D eigenvalue weighted by Crippen LogP contribution is 2.35. The third kappa shape index (κ3) is 1.49. The van der Waals surface area contributed by atoms with Crippen molar-refractivity contribution >= 4 is 5.97 Å². The van der Waals surface area contributed by atoms with Gasteiger partial charge in [0.05, 0.1) is 12.1 Å². The molecule has 1 aliphatic carbocycles. The Bertz CT molecular complexity index is 215. The highest BCUT2D eigenvalue weighted by molar-refractivity contribution is 5.82. The molecule has 0 radical (unpaired) electrons. The molecule has 1 aliphatic rings. The van der Waals surface area contributed by atoms with E-state index in [0.29, 0.717) is 12.8 Å². The van der Waals surface area contributed by atoms with Crippen LogP contribution in [0.1, 0.15) is 19.8 Å². The van der Waals surface area contributed by atoms with E-state index in [4.69, 9.17) is 10.4 Å². The zero-order valence-electron chi connectivity index (χ0n) is 6.29. The van der Waals surface area contributed by atoms with Crippen LogP contribution in [0.25, 0.3) is 0 Å². The number of hydrogen-bond acceptors (Lipinski definition) is 3. The first-order chi connectivity index (χ1) is 5.10. The Morgan fingerprint density at radius 3 is 2.64 bits per heavy atom. The first-order valence-corrected chi connectivity index (χ1v) is 3.51. The van der Waals surface area contributed by atoms with Crippen LogP contribution in [0.15, 0.2) is 0 Å². The quantitative estimate of drug-likeness (QED) is 0.605. The van der Waals surface area contributed by atoms with Gasteiger partial charge in [0, 0.05) is 0 Å². The molecule has 1 saturated carbocycles. The summed E-state index contributed by atoms with van der Waals surface area (Å²) in [7, 11) is 0. The molecule has 1 atom stereocenters. The molecule has 1 rings (SSSR count). The van der Waals surface area contributed by atoms with E-state index in [1.807, 2.05) is 6.07 Å². The van der Waals surface area contributed by atoms with E-state index >= 15 is 0 Å². The summed E-state index contributed by atoms with van der Waals surface area (Å²) in [6.45, 7) is 1.66. The highest BCUT2D eigenvalue weighted by atomic mass is 16.4. The van der Waals surface area contributed by atoms with E-state index in [1.165, 1.54) is 0 Å². The number of hydrogen-bond donors (Lipinski definition) is 2. The number of nitrogens with zero attached hydrogens (tertiary/aromatic N) is 1. The van der Waals surface area contributed by atoms with E-state index in [2.05, 4.69) is 5.32 Å². The molecule has 0 aromatic carbocycles. The van der Waals surface area contributed by atoms with Gasteiger partial charge in [-0.2, -0.15) is 5.26 Å². The number of nitriles is 1. The summed E-state index contributed by atoms with van der Waals surface area (Å²) in [5.41, 5.74) is -0.783. The van der Waals surface area contributed by atoms with Crippen molar-refractivity contribution in [1.82, 2.24) is 5.32 Å². The summed E-state index contributed by atoms with van der Waals surface area (Å²) in [6, 6.07) is 1.56. The topological polar surface area (TPSA) is 73.1 Å². The molecular weight excluding hydrogens is 144 g/mol. The first-order valence-electron chi connectivity index (χ1n) is 3.51. The molecule has 0 aliphatic heterocycles. The Morgan fingerprint density at radius 1 is 1.82 bits per heavy atom. The predicted molar refractivity (Wildman–Crippen MR) is 37.8 cm³/mol. The molecule has 60 valence electrons. The number of carbonyl (C=O) groups is 1. The van der Waals surface area contributed by atoms with Gasteiger partial charge in [-0.25, -0.2) is 0 Å². The van der Waals surface area contributed by atoms with Crippen molar-refractivity contribution < 1.29 is 9.90 Å². The maximum absolute atomic E-state index is 10.6. The molecule has 0 heterocycles. The van der Waals surface area contributed by atoms with Crippen molar-refractivity contribution in [3.8, 4) is 6.07 Å². The third-order valence-corrected chi connectivity index (χ3v) is 1.85. The van der Waals surface area contributed by atoms with Gasteiger partial charge in [-0.3, -0.25) is 10.1 Å². The summed E-state index contributed by atoms with van der Waals surface area (Å²) in [5.74, 6) is -0.848. The van der Waals surface area contributed by atoms with E-state index in [0.717, 1.165) is 0 Å². The predicted octanol–water partition coefficient (Wildman–Crippen LogP) is 0.105. The number of carboxylic acid groups (broad SMARTS) is 1. The van der Waals surface area contributed by atoms with Gasteiger partial charge in [-0.15, -0.1) is 0 Å². The Labute approximate surface area is 64.8 Å². The van der Waals surface area contributed by atoms with E-state index < -0.39 is 11.5 Å². The molecule has 0 aromatic rings. The number of nitrogens with one attached hydrogen (secondary N) is 1. The minimum absolute atomic E-state index is 0.381. The molecule has 0 aromatic heterocycles. The first kappa shape index (κ1) is 8.02. The molecule has 11 heavy (non-hydrogen) atoms. The van der Waals surface area contributed by atoms with Crippen molar-refractivity contribution in [2.24, 2.45) is 0 Å². The molecule has 0 spiro atoms. The Morgan fingerprint density at radius 2 is 2.36 bits per heavy atom. The van der Waals surface area contributed by atoms with Crippen molar-refractivity contribution in [3.63, 3.8) is 0 Å². The average Bonchev–Trinajstić information content (AvgIpc) is 2.69. The summed E-state index contributed by atoms with van der Waals surface area (Å²) in [5, 5.41) is 19.8. The molecule has 0 amide bonds. The second-order valence-electron chi connectivity index (χ2n) is 2.88. The van der Waals surface area contributed by atoms with Crippen molar-refractivity contribution in [2.75, 3.05) is 0 Å². The lowest BCUT2D eigenvalue weighted by atomic mass is 10.2. The zero-order valence-corrected chi connectivity index (χ0v) is 6.29. The molecule has 0 saturated heterocycles. The highest BCUT2D eigenvalue weighted by Gasteiger charge is 2.50. The van der Waals surface area contributed by atoms with Crippen LogP contribution < -0.4 is 5.32 Å². The summed E-state index contributed by atoms with van der Waals surface area (Å²) < 4.78 is 0. The zero-order chi connectivity index (χ0) is 8.48. The molecule has 4 nitrogen and oxygen atoms in total. The number of aliphatic carboxylic acids is 1. The van der Waals surface area contributed by atoms with Gasteiger partial charge in [0.25, 0.3) is 0 Å². The molecule has 1 unspecified atom stereocenters. The lowest BCUT2D eigenvalue weighted by molar-refractivity contribution is -0.140. The van der Waals surface area contributed by atoms with Gasteiger partial charge >= 0.3 is 5.97 Å². The van der Waals surface area contributed by atoms with Crippen LogP contribution in [-0.4, -0.2) is 22.7 Å². The van der Waals surface area contributed by atoms with Gasteiger partial charge in [-0.05, 0) is 19.8 Å². The van der Waals surface area contributed by atoms with Gasteiger partial charge in [-0.1, -0.05) is 0 Å². The van der Waals surface area contributed by atoms with Crippen LogP contribution in [0, 0.1) is 11.3 Å². The molecule has 0 bridgehead atoms. The van der Waals surface area contributed by atoms with Crippen LogP contribution in [0.2, 0.25) is 0 Å². The van der Waals surface area contributed by atoms with Crippen LogP contribution in [0.5, 0.6) is 0 Å². The molecule has 2 N–H and O–H groups in total. The molecule has 1 fully saturated rings. The third-order valence-electron chi connectivity index (χ3n) is 1.85. The minimum Gasteiger partial charge on any atom is -0.480 e. The van der Waals surface area contributed by atoms with Gasteiger partial charge < -0.3 is 5.11 Å².